The fourth-order valence-electron chi connectivity index (χ4n) is 3.55. The molecule has 12 heteroatoms. The molecule has 2 unspecified atom stereocenters. The summed E-state index contributed by atoms with van der Waals surface area (Å²) in [4.78, 5) is 48.3. The number of carbonyl (C=O) groups is 3. The first-order chi connectivity index (χ1) is 16.0. The number of carbonyl (C=O) groups excluding carboxylic acids is 3. The molecule has 180 valence electrons. The van der Waals surface area contributed by atoms with E-state index in [0.29, 0.717) is 12.4 Å². The SMILES string of the molecule is CCCCCCCCOC(=O)C1=CCSC2C(NC(=O)/C(=N/OC)c3csc(N)n3)C(=O)N12. The molecule has 33 heavy (non-hydrogen) atoms. The van der Waals surface area contributed by atoms with Crippen LogP contribution in [0.1, 0.15) is 51.1 Å². The van der Waals surface area contributed by atoms with Gasteiger partial charge in [0.15, 0.2) is 10.8 Å². The summed E-state index contributed by atoms with van der Waals surface area (Å²) in [6.07, 6.45) is 8.23. The number of nitrogen functional groups attached to an aromatic ring is 1. The van der Waals surface area contributed by atoms with Crippen LogP contribution in [0.2, 0.25) is 0 Å². The Morgan fingerprint density at radius 2 is 2.06 bits per heavy atom. The van der Waals surface area contributed by atoms with Crippen molar-refractivity contribution in [1.29, 1.82) is 0 Å². The molecule has 2 amide bonds. The zero-order valence-electron chi connectivity index (χ0n) is 18.7. The molecule has 10 nitrogen and oxygen atoms in total. The highest BCUT2D eigenvalue weighted by atomic mass is 32.2. The first-order valence-electron chi connectivity index (χ1n) is 10.9. The number of oxime groups is 1. The van der Waals surface area contributed by atoms with Gasteiger partial charge < -0.3 is 20.6 Å². The highest BCUT2D eigenvalue weighted by molar-refractivity contribution is 8.00. The van der Waals surface area contributed by atoms with Crippen molar-refractivity contribution >= 4 is 51.7 Å². The standard InChI is InChI=1S/C21H29N5O5S2/c1-3-4-5-6-7-8-10-31-20(29)14-9-11-32-19-16(18(28)26(14)19)24-17(27)15(25-30-2)13-12-33-21(22)23-13/h9,12,16,19H,3-8,10-11H2,1-2H3,(H2,22,23)(H,24,27)/b25-15+. The van der Waals surface area contributed by atoms with Crippen LogP contribution >= 0.6 is 23.1 Å². The van der Waals surface area contributed by atoms with Crippen molar-refractivity contribution in [3.63, 3.8) is 0 Å². The third-order valence-electron chi connectivity index (χ3n) is 5.24. The van der Waals surface area contributed by atoms with E-state index in [1.165, 1.54) is 43.0 Å². The van der Waals surface area contributed by atoms with E-state index in [2.05, 4.69) is 22.4 Å². The smallest absolute Gasteiger partial charge is 0.354 e. The molecule has 2 aliphatic heterocycles. The Morgan fingerprint density at radius 3 is 2.76 bits per heavy atom. The summed E-state index contributed by atoms with van der Waals surface area (Å²) in [5, 5.41) is 7.88. The lowest BCUT2D eigenvalue weighted by molar-refractivity contribution is -0.152. The quantitative estimate of drug-likeness (QED) is 0.148. The summed E-state index contributed by atoms with van der Waals surface area (Å²) in [6.45, 7) is 2.50. The largest absolute Gasteiger partial charge is 0.461 e. The number of β-lactam (4-membered cyclic amide) rings is 1. The fraction of sp³-hybridized carbons (Fsp3) is 0.571. The summed E-state index contributed by atoms with van der Waals surface area (Å²) in [6, 6.07) is -0.796. The van der Waals surface area contributed by atoms with E-state index in [9.17, 15) is 14.4 Å². The maximum atomic E-state index is 12.8. The lowest BCUT2D eigenvalue weighted by Gasteiger charge is -2.48. The maximum absolute atomic E-state index is 12.8. The van der Waals surface area contributed by atoms with Crippen LogP contribution in [0.5, 0.6) is 0 Å². The second-order valence-corrected chi connectivity index (χ2v) is 9.61. The van der Waals surface area contributed by atoms with Gasteiger partial charge in [0.25, 0.3) is 11.8 Å². The van der Waals surface area contributed by atoms with Crippen molar-refractivity contribution in [2.75, 3.05) is 25.2 Å². The van der Waals surface area contributed by atoms with Gasteiger partial charge in [-0.05, 0) is 12.5 Å². The maximum Gasteiger partial charge on any atom is 0.354 e. The lowest BCUT2D eigenvalue weighted by Crippen LogP contribution is -2.70. The van der Waals surface area contributed by atoms with Gasteiger partial charge in [-0.25, -0.2) is 9.78 Å². The monoisotopic (exact) mass is 495 g/mol. The number of amides is 2. The van der Waals surface area contributed by atoms with E-state index >= 15 is 0 Å². The molecular weight excluding hydrogens is 466 g/mol. The number of nitrogens with zero attached hydrogens (tertiary/aromatic N) is 3. The zero-order valence-corrected chi connectivity index (χ0v) is 20.4. The number of aromatic nitrogens is 1. The summed E-state index contributed by atoms with van der Waals surface area (Å²) < 4.78 is 5.38. The van der Waals surface area contributed by atoms with Gasteiger partial charge in [-0.1, -0.05) is 44.2 Å². The average Bonchev–Trinajstić information content (AvgIpc) is 3.25. The summed E-state index contributed by atoms with van der Waals surface area (Å²) in [5.74, 6) is -0.962. The van der Waals surface area contributed by atoms with Gasteiger partial charge in [0.2, 0.25) is 0 Å². The van der Waals surface area contributed by atoms with Crippen molar-refractivity contribution in [2.24, 2.45) is 5.16 Å². The van der Waals surface area contributed by atoms with Crippen molar-refractivity contribution in [3.05, 3.63) is 22.8 Å². The minimum atomic E-state index is -0.796. The van der Waals surface area contributed by atoms with Gasteiger partial charge in [-0.3, -0.25) is 14.5 Å². The number of thiazole rings is 1. The Balaban J connectivity index is 1.53. The first kappa shape index (κ1) is 25.0. The number of hydrogen-bond acceptors (Lipinski definition) is 10. The Bertz CT molecular complexity index is 932. The second kappa shape index (κ2) is 12.0. The first-order valence-corrected chi connectivity index (χ1v) is 12.9. The second-order valence-electron chi connectivity index (χ2n) is 7.57. The Labute approximate surface area is 200 Å². The molecule has 0 aliphatic carbocycles. The molecule has 2 aliphatic rings. The van der Waals surface area contributed by atoms with Gasteiger partial charge in [-0.15, -0.1) is 23.1 Å². The number of rotatable bonds is 12. The fourth-order valence-corrected chi connectivity index (χ4v) is 5.29. The van der Waals surface area contributed by atoms with E-state index in [1.54, 1.807) is 11.5 Å². The van der Waals surface area contributed by atoms with Crippen molar-refractivity contribution in [3.8, 4) is 0 Å². The molecule has 1 saturated heterocycles. The minimum Gasteiger partial charge on any atom is -0.461 e. The Hall–Kier alpha value is -2.60. The van der Waals surface area contributed by atoms with Crippen LogP contribution in [0.4, 0.5) is 5.13 Å². The zero-order chi connectivity index (χ0) is 23.8. The van der Waals surface area contributed by atoms with Crippen LogP contribution in [-0.4, -0.2) is 64.3 Å². The molecule has 3 rings (SSSR count). The molecule has 0 radical (unpaired) electrons. The molecule has 2 atom stereocenters. The van der Waals surface area contributed by atoms with Crippen LogP contribution in [0.25, 0.3) is 0 Å². The minimum absolute atomic E-state index is 0.0772. The Kier molecular flexibility index (Phi) is 9.12. The van der Waals surface area contributed by atoms with E-state index < -0.39 is 23.3 Å². The molecule has 1 aromatic heterocycles. The molecule has 0 bridgehead atoms. The molecule has 0 spiro atoms. The van der Waals surface area contributed by atoms with E-state index in [0.717, 1.165) is 30.6 Å². The van der Waals surface area contributed by atoms with Crippen molar-refractivity contribution in [1.82, 2.24) is 15.2 Å². The number of nitrogens with two attached hydrogens (primary N) is 1. The van der Waals surface area contributed by atoms with Crippen LogP contribution in [0.15, 0.2) is 22.3 Å². The van der Waals surface area contributed by atoms with Crippen LogP contribution in [0.3, 0.4) is 0 Å². The van der Waals surface area contributed by atoms with E-state index in [4.69, 9.17) is 15.3 Å². The molecule has 1 aromatic rings. The van der Waals surface area contributed by atoms with E-state index in [-0.39, 0.29) is 28.1 Å². The average molecular weight is 496 g/mol. The molecule has 0 saturated carbocycles. The topological polar surface area (TPSA) is 136 Å². The Morgan fingerprint density at radius 1 is 1.30 bits per heavy atom. The van der Waals surface area contributed by atoms with Crippen LogP contribution < -0.4 is 11.1 Å². The molecule has 3 N–H and O–H groups in total. The van der Waals surface area contributed by atoms with Gasteiger partial charge in [0, 0.05) is 11.1 Å². The highest BCUT2D eigenvalue weighted by Crippen LogP contribution is 2.37. The number of fused-ring (bicyclic) bond motifs is 1. The van der Waals surface area contributed by atoms with Crippen LogP contribution in [-0.2, 0) is 24.0 Å². The number of hydrogen-bond donors (Lipinski definition) is 2. The number of ether oxygens (including phenoxy) is 1. The summed E-state index contributed by atoms with van der Waals surface area (Å²) >= 11 is 2.62. The van der Waals surface area contributed by atoms with Crippen molar-refractivity contribution < 1.29 is 24.0 Å². The van der Waals surface area contributed by atoms with Gasteiger partial charge >= 0.3 is 5.97 Å². The summed E-state index contributed by atoms with van der Waals surface area (Å²) in [7, 11) is 1.31. The van der Waals surface area contributed by atoms with E-state index in [1.807, 2.05) is 0 Å². The van der Waals surface area contributed by atoms with Gasteiger partial charge in [0.05, 0.1) is 6.61 Å². The normalized spacial score (nSPS) is 19.9. The number of anilines is 1. The summed E-state index contributed by atoms with van der Waals surface area (Å²) in [5.41, 5.74) is 6.06. The molecular formula is C21H29N5O5S2. The third-order valence-corrected chi connectivity index (χ3v) is 7.09. The van der Waals surface area contributed by atoms with Gasteiger partial charge in [0.1, 0.15) is 29.9 Å². The number of nitrogens with one attached hydrogen (secondary N) is 1. The van der Waals surface area contributed by atoms with Crippen molar-refractivity contribution in [2.45, 2.75) is 56.9 Å². The molecule has 3 heterocycles. The van der Waals surface area contributed by atoms with Gasteiger partial charge in [-0.2, -0.15) is 0 Å². The number of thioether (sulfide) groups is 1. The number of unbranched alkanes of at least 4 members (excludes halogenated alkanes) is 5. The van der Waals surface area contributed by atoms with Crippen LogP contribution in [0, 0.1) is 0 Å². The lowest BCUT2D eigenvalue weighted by atomic mass is 10.0. The molecule has 1 fully saturated rings. The number of esters is 1. The third kappa shape index (κ3) is 6.05. The molecule has 0 aromatic carbocycles. The predicted octanol–water partition coefficient (Wildman–Crippen LogP) is 2.26. The predicted molar refractivity (Wildman–Crippen MR) is 128 cm³/mol. The highest BCUT2D eigenvalue weighted by Gasteiger charge is 2.53.